The third kappa shape index (κ3) is 4.70. The van der Waals surface area contributed by atoms with Crippen LogP contribution in [0.4, 0.5) is 0 Å². The van der Waals surface area contributed by atoms with Gasteiger partial charge in [-0.15, -0.1) is 0 Å². The zero-order valence-electron chi connectivity index (χ0n) is 29.0. The number of methoxy groups -OCH3 is 1. The molecule has 5 aliphatic rings. The van der Waals surface area contributed by atoms with Crippen LogP contribution in [0.15, 0.2) is 35.9 Å². The maximum atomic E-state index is 13.1. The lowest BCUT2D eigenvalue weighted by Gasteiger charge is -2.71. The van der Waals surface area contributed by atoms with E-state index < -0.39 is 0 Å². The molecule has 44 heavy (non-hydrogen) atoms. The Balaban J connectivity index is 1.23. The lowest BCUT2D eigenvalue weighted by molar-refractivity contribution is -0.210. The normalized spacial score (nSPS) is 42.2. The highest BCUT2D eigenvalue weighted by molar-refractivity contribution is 5.87. The number of fused-ring (bicyclic) bond motifs is 7. The molecule has 0 aromatic heterocycles. The summed E-state index contributed by atoms with van der Waals surface area (Å²) in [5.74, 6) is 2.09. The van der Waals surface area contributed by atoms with Crippen molar-refractivity contribution in [3.05, 3.63) is 41.5 Å². The van der Waals surface area contributed by atoms with Gasteiger partial charge in [-0.2, -0.15) is 0 Å². The van der Waals surface area contributed by atoms with Crippen LogP contribution in [-0.2, 0) is 9.53 Å². The van der Waals surface area contributed by atoms with E-state index in [1.165, 1.54) is 64.6 Å². The summed E-state index contributed by atoms with van der Waals surface area (Å²) >= 11 is 0. The lowest BCUT2D eigenvalue weighted by atomic mass is 9.33. The summed E-state index contributed by atoms with van der Waals surface area (Å²) < 4.78 is 11.5. The molecule has 8 unspecified atom stereocenters. The number of carbonyl (C=O) groups excluding carboxylic acids is 1. The smallest absolute Gasteiger partial charge is 0.331 e. The fraction of sp³-hybridized carbons (Fsp3) is 0.725. The summed E-state index contributed by atoms with van der Waals surface area (Å²) in [7, 11) is 1.52. The highest BCUT2D eigenvalue weighted by atomic mass is 16.5. The van der Waals surface area contributed by atoms with Crippen LogP contribution in [0, 0.1) is 50.2 Å². The van der Waals surface area contributed by atoms with Gasteiger partial charge in [-0.1, -0.05) is 73.1 Å². The minimum atomic E-state index is -0.294. The second-order valence-corrected chi connectivity index (χ2v) is 17.9. The van der Waals surface area contributed by atoms with E-state index in [9.17, 15) is 9.90 Å². The van der Waals surface area contributed by atoms with Crippen molar-refractivity contribution in [3.8, 4) is 11.5 Å². The van der Waals surface area contributed by atoms with Gasteiger partial charge >= 0.3 is 5.97 Å². The number of rotatable bonds is 4. The number of carbonyl (C=O) groups is 1. The number of esters is 1. The van der Waals surface area contributed by atoms with E-state index in [1.807, 2.05) is 5.57 Å². The van der Waals surface area contributed by atoms with Gasteiger partial charge < -0.3 is 14.6 Å². The van der Waals surface area contributed by atoms with Crippen LogP contribution in [0.25, 0.3) is 6.08 Å². The molecule has 4 fully saturated rings. The van der Waals surface area contributed by atoms with Crippen LogP contribution in [0.2, 0.25) is 0 Å². The van der Waals surface area contributed by atoms with Gasteiger partial charge in [0, 0.05) is 11.5 Å². The molecule has 5 aliphatic carbocycles. The maximum absolute atomic E-state index is 13.1. The van der Waals surface area contributed by atoms with Crippen LogP contribution in [0.3, 0.4) is 0 Å². The summed E-state index contributed by atoms with van der Waals surface area (Å²) in [6, 6.07) is 5.07. The number of phenolic OH excluding ortho intramolecular Hbond substituents is 1. The molecule has 4 nitrogen and oxygen atoms in total. The molecule has 242 valence electrons. The van der Waals surface area contributed by atoms with Crippen LogP contribution in [-0.4, -0.2) is 24.3 Å². The summed E-state index contributed by atoms with van der Waals surface area (Å²) in [4.78, 5) is 13.1. The van der Waals surface area contributed by atoms with E-state index in [0.29, 0.717) is 33.8 Å². The standard InChI is InChI=1S/C40H58O4/c1-35(2)20-21-37(5)22-23-39(7)27(28(37)25-35)12-14-32-38(6)18-17-33(36(3,4)31(38)16-19-40(32,39)8)44-34(42)15-11-26-10-13-29(41)30(24-26)43-9/h10-13,15,24,28,31-33,41H,14,16-23,25H2,1-9H3. The van der Waals surface area contributed by atoms with E-state index in [1.54, 1.807) is 24.3 Å². The number of allylic oxidation sites excluding steroid dienone is 2. The monoisotopic (exact) mass is 602 g/mol. The number of ether oxygens (including phenoxy) is 2. The molecular weight excluding hydrogens is 544 g/mol. The predicted molar refractivity (Wildman–Crippen MR) is 178 cm³/mol. The van der Waals surface area contributed by atoms with Gasteiger partial charge in [-0.25, -0.2) is 4.79 Å². The zero-order valence-corrected chi connectivity index (χ0v) is 29.0. The third-order valence-electron chi connectivity index (χ3n) is 14.9. The Morgan fingerprint density at radius 1 is 0.909 bits per heavy atom. The van der Waals surface area contributed by atoms with Crippen molar-refractivity contribution in [2.24, 2.45) is 50.2 Å². The molecule has 0 radical (unpaired) electrons. The van der Waals surface area contributed by atoms with E-state index >= 15 is 0 Å². The molecule has 0 saturated heterocycles. The van der Waals surface area contributed by atoms with Crippen LogP contribution in [0.1, 0.15) is 125 Å². The van der Waals surface area contributed by atoms with E-state index in [0.717, 1.165) is 24.3 Å². The molecule has 0 aliphatic heterocycles. The first-order chi connectivity index (χ1) is 20.5. The summed E-state index contributed by atoms with van der Waals surface area (Å²) in [5, 5.41) is 9.89. The number of phenols is 1. The number of hydrogen-bond donors (Lipinski definition) is 1. The van der Waals surface area contributed by atoms with Crippen molar-refractivity contribution in [1.29, 1.82) is 0 Å². The Hall–Kier alpha value is -2.23. The Kier molecular flexibility index (Phi) is 7.50. The highest BCUT2D eigenvalue weighted by Crippen LogP contribution is 2.75. The molecule has 4 saturated carbocycles. The number of hydrogen-bond acceptors (Lipinski definition) is 4. The topological polar surface area (TPSA) is 55.8 Å². The minimum Gasteiger partial charge on any atom is -0.504 e. The van der Waals surface area contributed by atoms with Gasteiger partial charge in [-0.3, -0.25) is 0 Å². The molecule has 0 heterocycles. The van der Waals surface area contributed by atoms with Gasteiger partial charge in [0.05, 0.1) is 7.11 Å². The van der Waals surface area contributed by atoms with Gasteiger partial charge in [0.25, 0.3) is 0 Å². The van der Waals surface area contributed by atoms with Crippen molar-refractivity contribution in [3.63, 3.8) is 0 Å². The average molecular weight is 603 g/mol. The fourth-order valence-electron chi connectivity index (χ4n) is 11.8. The molecule has 4 heteroatoms. The van der Waals surface area contributed by atoms with E-state index in [4.69, 9.17) is 9.47 Å². The van der Waals surface area contributed by atoms with E-state index in [2.05, 4.69) is 61.5 Å². The second kappa shape index (κ2) is 10.4. The van der Waals surface area contributed by atoms with Crippen molar-refractivity contribution in [1.82, 2.24) is 0 Å². The predicted octanol–water partition coefficient (Wildman–Crippen LogP) is 10.1. The van der Waals surface area contributed by atoms with Crippen LogP contribution in [0.5, 0.6) is 11.5 Å². The van der Waals surface area contributed by atoms with Crippen molar-refractivity contribution >= 4 is 12.0 Å². The largest absolute Gasteiger partial charge is 0.504 e. The zero-order chi connectivity index (χ0) is 31.9. The van der Waals surface area contributed by atoms with Gasteiger partial charge in [-0.05, 0) is 133 Å². The summed E-state index contributed by atoms with van der Waals surface area (Å²) in [6.45, 7) is 20.3. The molecule has 0 spiro atoms. The average Bonchev–Trinajstić information content (AvgIpc) is 2.95. The van der Waals surface area contributed by atoms with Crippen molar-refractivity contribution < 1.29 is 19.4 Å². The Labute approximate surface area is 267 Å². The Morgan fingerprint density at radius 2 is 1.64 bits per heavy atom. The Bertz CT molecular complexity index is 1370. The minimum absolute atomic E-state index is 0.0846. The molecule has 1 aromatic rings. The first-order valence-electron chi connectivity index (χ1n) is 17.5. The van der Waals surface area contributed by atoms with Gasteiger partial charge in [0.2, 0.25) is 0 Å². The SMILES string of the molecule is COc1cc(C=CC(=O)OC2CCC3(C)C(CCC4(C)C3CC=C3C5CC(C)(C)CCC5(C)CCC34C)C2(C)C)ccc1O. The first-order valence-corrected chi connectivity index (χ1v) is 17.5. The second-order valence-electron chi connectivity index (χ2n) is 17.9. The van der Waals surface area contributed by atoms with Gasteiger partial charge in [0.1, 0.15) is 6.10 Å². The molecule has 6 rings (SSSR count). The van der Waals surface area contributed by atoms with Crippen LogP contribution >= 0.6 is 0 Å². The molecular formula is C40H58O4. The molecule has 0 bridgehead atoms. The molecule has 0 amide bonds. The number of aromatic hydroxyl groups is 1. The molecule has 1 aromatic carbocycles. The first kappa shape index (κ1) is 31.7. The van der Waals surface area contributed by atoms with Gasteiger partial charge in [0.15, 0.2) is 11.5 Å². The lowest BCUT2D eigenvalue weighted by Crippen LogP contribution is -2.64. The highest BCUT2D eigenvalue weighted by Gasteiger charge is 2.68. The molecule has 1 N–H and O–H groups in total. The van der Waals surface area contributed by atoms with Crippen molar-refractivity contribution in [2.45, 2.75) is 126 Å². The summed E-state index contributed by atoms with van der Waals surface area (Å²) in [5.41, 5.74) is 4.25. The summed E-state index contributed by atoms with van der Waals surface area (Å²) in [6.07, 6.45) is 18.5. The van der Waals surface area contributed by atoms with Crippen LogP contribution < -0.4 is 4.74 Å². The number of benzene rings is 1. The quantitative estimate of drug-likeness (QED) is 0.212. The maximum Gasteiger partial charge on any atom is 0.331 e. The Morgan fingerprint density at radius 3 is 2.36 bits per heavy atom. The molecule has 8 atom stereocenters. The van der Waals surface area contributed by atoms with E-state index in [-0.39, 0.29) is 34.1 Å². The van der Waals surface area contributed by atoms with Crippen molar-refractivity contribution in [2.75, 3.05) is 7.11 Å². The third-order valence-corrected chi connectivity index (χ3v) is 14.9. The fourth-order valence-corrected chi connectivity index (χ4v) is 11.8.